The van der Waals surface area contributed by atoms with Crippen molar-refractivity contribution in [3.05, 3.63) is 42.2 Å². The summed E-state index contributed by atoms with van der Waals surface area (Å²) in [5.41, 5.74) is 0. The van der Waals surface area contributed by atoms with Crippen LogP contribution in [0.5, 0.6) is 5.75 Å². The van der Waals surface area contributed by atoms with E-state index >= 15 is 0 Å². The molecular formula is C10H8BFO3. The van der Waals surface area contributed by atoms with Crippen LogP contribution in [0.15, 0.2) is 36.4 Å². The molecule has 0 atom stereocenters. The third kappa shape index (κ3) is 1.93. The summed E-state index contributed by atoms with van der Waals surface area (Å²) in [4.78, 5) is 0. The zero-order valence-corrected chi connectivity index (χ0v) is 7.72. The molecule has 0 amide bonds. The quantitative estimate of drug-likeness (QED) is 0.728. The van der Waals surface area contributed by atoms with Gasteiger partial charge in [-0.05, 0) is 11.5 Å². The van der Waals surface area contributed by atoms with Gasteiger partial charge in [0.15, 0.2) is 5.82 Å². The van der Waals surface area contributed by atoms with Crippen LogP contribution in [0.25, 0.3) is 10.8 Å². The minimum Gasteiger partial charge on any atom is -0.510 e. The Morgan fingerprint density at radius 3 is 2.53 bits per heavy atom. The Labute approximate surface area is 85.9 Å². The van der Waals surface area contributed by atoms with E-state index in [0.29, 0.717) is 5.39 Å². The van der Waals surface area contributed by atoms with Gasteiger partial charge in [0.25, 0.3) is 0 Å². The third-order valence-electron chi connectivity index (χ3n) is 2.06. The largest absolute Gasteiger partial charge is 0.707 e. The van der Waals surface area contributed by atoms with Gasteiger partial charge in [0.05, 0.1) is 0 Å². The molecule has 0 unspecified atom stereocenters. The molecule has 0 bridgehead atoms. The molecule has 0 aromatic heterocycles. The van der Waals surface area contributed by atoms with E-state index in [2.05, 4.69) is 4.65 Å². The molecule has 0 aliphatic carbocycles. The van der Waals surface area contributed by atoms with Crippen LogP contribution in [0.4, 0.5) is 4.39 Å². The Morgan fingerprint density at radius 2 is 1.80 bits per heavy atom. The summed E-state index contributed by atoms with van der Waals surface area (Å²) in [5, 5.41) is 18.3. The summed E-state index contributed by atoms with van der Waals surface area (Å²) in [6, 6.07) is 9.86. The molecule has 0 heterocycles. The molecular weight excluding hydrogens is 198 g/mol. The molecule has 5 heteroatoms. The highest BCUT2D eigenvalue weighted by atomic mass is 19.1. The zero-order valence-electron chi connectivity index (χ0n) is 7.72. The van der Waals surface area contributed by atoms with Crippen molar-refractivity contribution in [2.75, 3.05) is 0 Å². The van der Waals surface area contributed by atoms with Gasteiger partial charge in [0.1, 0.15) is 5.75 Å². The smallest absolute Gasteiger partial charge is 0.510 e. The maximum Gasteiger partial charge on any atom is 0.707 e. The molecule has 0 saturated carbocycles. The van der Waals surface area contributed by atoms with Gasteiger partial charge in [-0.2, -0.15) is 0 Å². The SMILES string of the molecule is OB(O)Oc1ccc2ccccc2c1F. The Bertz CT molecular complexity index is 487. The molecule has 3 nitrogen and oxygen atoms in total. The highest BCUT2D eigenvalue weighted by Crippen LogP contribution is 2.26. The highest BCUT2D eigenvalue weighted by Gasteiger charge is 2.15. The molecule has 0 saturated heterocycles. The van der Waals surface area contributed by atoms with E-state index in [4.69, 9.17) is 10.0 Å². The normalized spacial score (nSPS) is 10.3. The Hall–Kier alpha value is -1.59. The molecule has 0 spiro atoms. The molecule has 15 heavy (non-hydrogen) atoms. The van der Waals surface area contributed by atoms with E-state index in [1.807, 2.05) is 0 Å². The zero-order chi connectivity index (χ0) is 10.8. The van der Waals surface area contributed by atoms with Crippen molar-refractivity contribution in [3.8, 4) is 5.75 Å². The van der Waals surface area contributed by atoms with Crippen LogP contribution in [0.3, 0.4) is 0 Å². The van der Waals surface area contributed by atoms with Gasteiger partial charge < -0.3 is 14.7 Å². The number of hydrogen-bond acceptors (Lipinski definition) is 3. The van der Waals surface area contributed by atoms with E-state index in [-0.39, 0.29) is 5.75 Å². The molecule has 2 aromatic rings. The second-order valence-corrected chi connectivity index (χ2v) is 3.04. The van der Waals surface area contributed by atoms with Gasteiger partial charge in [-0.1, -0.05) is 30.3 Å². The van der Waals surface area contributed by atoms with Crippen molar-refractivity contribution >= 4 is 18.1 Å². The van der Waals surface area contributed by atoms with E-state index in [9.17, 15) is 4.39 Å². The first-order valence-electron chi connectivity index (χ1n) is 4.38. The number of hydrogen-bond donors (Lipinski definition) is 2. The second kappa shape index (κ2) is 3.88. The van der Waals surface area contributed by atoms with E-state index < -0.39 is 13.1 Å². The molecule has 0 aliphatic heterocycles. The van der Waals surface area contributed by atoms with Crippen LogP contribution < -0.4 is 4.65 Å². The maximum atomic E-state index is 13.7. The number of benzene rings is 2. The molecule has 0 aliphatic rings. The van der Waals surface area contributed by atoms with Crippen LogP contribution in [-0.4, -0.2) is 17.4 Å². The van der Waals surface area contributed by atoms with Gasteiger partial charge in [0, 0.05) is 5.39 Å². The van der Waals surface area contributed by atoms with Crippen LogP contribution in [0.1, 0.15) is 0 Å². The minimum atomic E-state index is -2.01. The monoisotopic (exact) mass is 206 g/mol. The Kier molecular flexibility index (Phi) is 2.57. The lowest BCUT2D eigenvalue weighted by Crippen LogP contribution is -2.21. The number of halogens is 1. The van der Waals surface area contributed by atoms with Gasteiger partial charge in [-0.25, -0.2) is 4.39 Å². The maximum absolute atomic E-state index is 13.7. The van der Waals surface area contributed by atoms with Gasteiger partial charge in [-0.3, -0.25) is 0 Å². The molecule has 0 fully saturated rings. The third-order valence-corrected chi connectivity index (χ3v) is 2.06. The number of fused-ring (bicyclic) bond motifs is 1. The van der Waals surface area contributed by atoms with Crippen molar-refractivity contribution in [3.63, 3.8) is 0 Å². The van der Waals surface area contributed by atoms with Gasteiger partial charge >= 0.3 is 7.32 Å². The lowest BCUT2D eigenvalue weighted by atomic mass is 10.1. The van der Waals surface area contributed by atoms with E-state index in [1.54, 1.807) is 30.3 Å². The topological polar surface area (TPSA) is 49.7 Å². The summed E-state index contributed by atoms with van der Waals surface area (Å²) >= 11 is 0. The highest BCUT2D eigenvalue weighted by molar-refractivity contribution is 6.33. The van der Waals surface area contributed by atoms with Crippen LogP contribution in [0.2, 0.25) is 0 Å². The second-order valence-electron chi connectivity index (χ2n) is 3.04. The molecule has 76 valence electrons. The fourth-order valence-corrected chi connectivity index (χ4v) is 1.42. The van der Waals surface area contributed by atoms with Gasteiger partial charge in [-0.15, -0.1) is 0 Å². The average Bonchev–Trinajstić information content (AvgIpc) is 2.22. The van der Waals surface area contributed by atoms with Crippen molar-refractivity contribution in [2.45, 2.75) is 0 Å². The summed E-state index contributed by atoms with van der Waals surface area (Å²) in [6.07, 6.45) is 0. The summed E-state index contributed by atoms with van der Waals surface area (Å²) in [7, 11) is -2.01. The van der Waals surface area contributed by atoms with Crippen LogP contribution in [0, 0.1) is 5.82 Å². The molecule has 0 radical (unpaired) electrons. The lowest BCUT2D eigenvalue weighted by Gasteiger charge is -2.07. The predicted molar refractivity (Wildman–Crippen MR) is 54.7 cm³/mol. The van der Waals surface area contributed by atoms with E-state index in [0.717, 1.165) is 5.39 Å². The minimum absolute atomic E-state index is 0.177. The van der Waals surface area contributed by atoms with Crippen molar-refractivity contribution in [1.29, 1.82) is 0 Å². The molecule has 2 aromatic carbocycles. The summed E-state index contributed by atoms with van der Waals surface area (Å²) < 4.78 is 18.2. The van der Waals surface area contributed by atoms with Gasteiger partial charge in [0.2, 0.25) is 0 Å². The van der Waals surface area contributed by atoms with Crippen molar-refractivity contribution in [2.24, 2.45) is 0 Å². The van der Waals surface area contributed by atoms with Crippen molar-refractivity contribution < 1.29 is 19.1 Å². The Morgan fingerprint density at radius 1 is 1.07 bits per heavy atom. The fourth-order valence-electron chi connectivity index (χ4n) is 1.42. The van der Waals surface area contributed by atoms with E-state index in [1.165, 1.54) is 6.07 Å². The van der Waals surface area contributed by atoms with Crippen LogP contribution >= 0.6 is 0 Å². The fraction of sp³-hybridized carbons (Fsp3) is 0. The first-order valence-corrected chi connectivity index (χ1v) is 4.38. The average molecular weight is 206 g/mol. The summed E-state index contributed by atoms with van der Waals surface area (Å²) in [6.45, 7) is 0. The first-order chi connectivity index (χ1) is 7.18. The predicted octanol–water partition coefficient (Wildman–Crippen LogP) is 1.33. The Balaban J connectivity index is 2.55. The van der Waals surface area contributed by atoms with Crippen molar-refractivity contribution in [1.82, 2.24) is 0 Å². The number of rotatable bonds is 2. The standard InChI is InChI=1S/C10H8BFO3/c12-10-8-4-2-1-3-7(8)5-6-9(10)15-11(13)14/h1-6,13-14H. The molecule has 2 rings (SSSR count). The van der Waals surface area contributed by atoms with Crippen LogP contribution in [-0.2, 0) is 0 Å². The summed E-state index contributed by atoms with van der Waals surface area (Å²) in [5.74, 6) is -0.773. The first kappa shape index (κ1) is 9.95. The molecule has 2 N–H and O–H groups in total. The lowest BCUT2D eigenvalue weighted by molar-refractivity contribution is 0.282.